The molecule has 16 heavy (non-hydrogen) atoms. The van der Waals surface area contributed by atoms with Crippen molar-refractivity contribution < 1.29 is 19.4 Å². The summed E-state index contributed by atoms with van der Waals surface area (Å²) in [5.74, 6) is 0. The molecule has 1 N–H and O–H groups in total. The maximum Gasteiger partial charge on any atom is 0.367 e. The van der Waals surface area contributed by atoms with Gasteiger partial charge in [0, 0.05) is 13.5 Å². The first-order valence-corrected chi connectivity index (χ1v) is 6.52. The number of aliphatic hydroxyl groups excluding tert-OH is 1. The van der Waals surface area contributed by atoms with E-state index in [1.165, 1.54) is 0 Å². The first kappa shape index (κ1) is 13.5. The maximum atomic E-state index is 11.1. The summed E-state index contributed by atoms with van der Waals surface area (Å²) < 4.78 is 10.4. The normalized spacial score (nSPS) is 32.6. The van der Waals surface area contributed by atoms with Crippen molar-refractivity contribution >= 4 is 17.1 Å². The highest BCUT2D eigenvalue weighted by Crippen LogP contribution is 2.18. The highest BCUT2D eigenvalue weighted by atomic mass is 32.2. The Labute approximate surface area is 100.0 Å². The lowest BCUT2D eigenvalue weighted by molar-refractivity contribution is 0.0600. The quantitative estimate of drug-likeness (QED) is 0.596. The lowest BCUT2D eigenvalue weighted by Gasteiger charge is -2.22. The van der Waals surface area contributed by atoms with Crippen LogP contribution in [0.1, 0.15) is 19.3 Å². The van der Waals surface area contributed by atoms with Gasteiger partial charge in [-0.25, -0.2) is 4.79 Å². The van der Waals surface area contributed by atoms with Crippen LogP contribution in [0.3, 0.4) is 0 Å². The molecule has 0 aliphatic heterocycles. The van der Waals surface area contributed by atoms with Crippen LogP contribution >= 0.6 is 11.8 Å². The largest absolute Gasteiger partial charge is 0.450 e. The van der Waals surface area contributed by atoms with E-state index in [0.717, 1.165) is 18.2 Å². The molecule has 0 amide bonds. The fourth-order valence-corrected chi connectivity index (χ4v) is 1.84. The van der Waals surface area contributed by atoms with Crippen LogP contribution in [-0.2, 0) is 9.47 Å². The summed E-state index contributed by atoms with van der Waals surface area (Å²) in [7, 11) is 1.63. The Bertz CT molecular complexity index is 254. The molecule has 0 bridgehead atoms. The van der Waals surface area contributed by atoms with Crippen LogP contribution in [0.25, 0.3) is 0 Å². The first-order valence-electron chi connectivity index (χ1n) is 5.29. The van der Waals surface area contributed by atoms with Gasteiger partial charge in [-0.15, -0.1) is 0 Å². The molecule has 0 aromatic heterocycles. The van der Waals surface area contributed by atoms with Gasteiger partial charge in [0.15, 0.2) is 0 Å². The van der Waals surface area contributed by atoms with Crippen LogP contribution in [-0.4, -0.2) is 42.1 Å². The zero-order valence-electron chi connectivity index (χ0n) is 9.59. The predicted octanol–water partition coefficient (Wildman–Crippen LogP) is 1.97. The molecule has 0 saturated carbocycles. The maximum absolute atomic E-state index is 11.1. The zero-order valence-corrected chi connectivity index (χ0v) is 10.4. The van der Waals surface area contributed by atoms with Crippen molar-refractivity contribution in [3.63, 3.8) is 0 Å². The van der Waals surface area contributed by atoms with E-state index in [0.29, 0.717) is 12.8 Å². The highest BCUT2D eigenvalue weighted by Gasteiger charge is 2.20. The third kappa shape index (κ3) is 4.55. The topological polar surface area (TPSA) is 55.8 Å². The Morgan fingerprint density at radius 1 is 1.38 bits per heavy atom. The summed E-state index contributed by atoms with van der Waals surface area (Å²) in [4.78, 5) is 11.1. The van der Waals surface area contributed by atoms with E-state index in [-0.39, 0.29) is 17.5 Å². The zero-order chi connectivity index (χ0) is 12.0. The summed E-state index contributed by atoms with van der Waals surface area (Å²) in [6.07, 6.45) is 6.46. The van der Waals surface area contributed by atoms with Crippen LogP contribution in [0.5, 0.6) is 0 Å². The van der Waals surface area contributed by atoms with Crippen molar-refractivity contribution in [3.8, 4) is 0 Å². The Morgan fingerprint density at radius 2 is 2.06 bits per heavy atom. The van der Waals surface area contributed by atoms with Gasteiger partial charge < -0.3 is 14.6 Å². The number of carbonyl (C=O) groups excluding carboxylic acids is 1. The summed E-state index contributed by atoms with van der Waals surface area (Å²) in [5.41, 5.74) is 0. The van der Waals surface area contributed by atoms with Gasteiger partial charge in [-0.2, -0.15) is 0 Å². The minimum atomic E-state index is -0.442. The van der Waals surface area contributed by atoms with Gasteiger partial charge in [0.05, 0.1) is 12.2 Å². The van der Waals surface area contributed by atoms with E-state index in [4.69, 9.17) is 9.47 Å². The molecular weight excluding hydrogens is 228 g/mol. The molecule has 5 heteroatoms. The molecule has 3 atom stereocenters. The predicted molar refractivity (Wildman–Crippen MR) is 63.6 cm³/mol. The molecule has 0 spiro atoms. The van der Waals surface area contributed by atoms with Crippen LogP contribution in [0.2, 0.25) is 0 Å². The second-order valence-electron chi connectivity index (χ2n) is 3.74. The number of methoxy groups -OCH3 is 1. The molecule has 1 rings (SSSR count). The van der Waals surface area contributed by atoms with Crippen molar-refractivity contribution in [3.05, 3.63) is 12.2 Å². The van der Waals surface area contributed by atoms with Gasteiger partial charge in [-0.05, 0) is 36.9 Å². The minimum absolute atomic E-state index is 0.00886. The average Bonchev–Trinajstić information content (AvgIpc) is 2.26. The standard InChI is InChI=1S/C11H18O4S/c1-14-9-4-3-8(12)7-10(6-5-9)15-11(13)16-2/h5-6,8-10,12H,3-4,7H2,1-2H3/b6-5+. The Hall–Kier alpha value is -0.520. The second-order valence-corrected chi connectivity index (χ2v) is 4.48. The van der Waals surface area contributed by atoms with Gasteiger partial charge in [0.25, 0.3) is 0 Å². The van der Waals surface area contributed by atoms with Crippen LogP contribution in [0.4, 0.5) is 4.79 Å². The summed E-state index contributed by atoms with van der Waals surface area (Å²) in [6.45, 7) is 0. The fourth-order valence-electron chi connectivity index (χ4n) is 1.62. The highest BCUT2D eigenvalue weighted by molar-refractivity contribution is 8.12. The summed E-state index contributed by atoms with van der Waals surface area (Å²) >= 11 is 1.03. The number of hydrogen-bond acceptors (Lipinski definition) is 5. The third-order valence-corrected chi connectivity index (χ3v) is 2.98. The molecule has 0 aromatic rings. The van der Waals surface area contributed by atoms with Crippen LogP contribution in [0.15, 0.2) is 12.2 Å². The third-order valence-electron chi connectivity index (χ3n) is 2.55. The second kappa shape index (κ2) is 6.93. The molecule has 92 valence electrons. The Morgan fingerprint density at radius 3 is 2.69 bits per heavy atom. The van der Waals surface area contributed by atoms with Crippen molar-refractivity contribution in [2.24, 2.45) is 0 Å². The molecule has 0 heterocycles. The number of carbonyl (C=O) groups is 1. The first-order chi connectivity index (χ1) is 7.65. The molecule has 0 saturated heterocycles. The summed E-state index contributed by atoms with van der Waals surface area (Å²) in [6, 6.07) is 0. The molecule has 0 fully saturated rings. The molecule has 4 nitrogen and oxygen atoms in total. The number of ether oxygens (including phenoxy) is 2. The number of rotatable bonds is 2. The van der Waals surface area contributed by atoms with Crippen LogP contribution < -0.4 is 0 Å². The van der Waals surface area contributed by atoms with Gasteiger partial charge in [0.1, 0.15) is 6.10 Å². The lowest BCUT2D eigenvalue weighted by Crippen LogP contribution is -2.25. The molecule has 3 unspecified atom stereocenters. The van der Waals surface area contributed by atoms with Gasteiger partial charge in [0.2, 0.25) is 0 Å². The van der Waals surface area contributed by atoms with E-state index in [1.54, 1.807) is 19.4 Å². The van der Waals surface area contributed by atoms with E-state index >= 15 is 0 Å². The van der Waals surface area contributed by atoms with E-state index in [9.17, 15) is 9.90 Å². The van der Waals surface area contributed by atoms with Crippen LogP contribution in [0, 0.1) is 0 Å². The van der Waals surface area contributed by atoms with Gasteiger partial charge in [-0.1, -0.05) is 6.08 Å². The molecular formula is C11H18O4S. The lowest BCUT2D eigenvalue weighted by atomic mass is 10.00. The van der Waals surface area contributed by atoms with E-state index in [1.807, 2.05) is 6.08 Å². The molecule has 1 aliphatic rings. The van der Waals surface area contributed by atoms with Crippen molar-refractivity contribution in [1.29, 1.82) is 0 Å². The van der Waals surface area contributed by atoms with E-state index in [2.05, 4.69) is 0 Å². The minimum Gasteiger partial charge on any atom is -0.450 e. The monoisotopic (exact) mass is 246 g/mol. The number of aliphatic hydroxyl groups is 1. The Balaban J connectivity index is 2.59. The SMILES string of the molecule is COC1/C=C/C(OC(=O)SC)CC(O)CC1. The summed E-state index contributed by atoms with van der Waals surface area (Å²) in [5, 5.41) is 9.37. The number of thioether (sulfide) groups is 1. The Kier molecular flexibility index (Phi) is 5.87. The molecule has 0 radical (unpaired) electrons. The fraction of sp³-hybridized carbons (Fsp3) is 0.727. The smallest absolute Gasteiger partial charge is 0.367 e. The van der Waals surface area contributed by atoms with E-state index < -0.39 is 6.10 Å². The molecule has 1 aliphatic carbocycles. The van der Waals surface area contributed by atoms with Crippen molar-refractivity contribution in [2.75, 3.05) is 13.4 Å². The van der Waals surface area contributed by atoms with Crippen molar-refractivity contribution in [1.82, 2.24) is 0 Å². The van der Waals surface area contributed by atoms with Crippen molar-refractivity contribution in [2.45, 2.75) is 37.6 Å². The average molecular weight is 246 g/mol. The van der Waals surface area contributed by atoms with Gasteiger partial charge in [-0.3, -0.25) is 0 Å². The number of hydrogen-bond donors (Lipinski definition) is 1. The molecule has 0 aromatic carbocycles. The van der Waals surface area contributed by atoms with Gasteiger partial charge >= 0.3 is 5.30 Å².